The molecule has 1 saturated carbocycles. The fourth-order valence-electron chi connectivity index (χ4n) is 5.54. The van der Waals surface area contributed by atoms with Crippen LogP contribution >= 0.6 is 0 Å². The molecule has 1 aliphatic rings. The number of aromatic nitrogens is 5. The molecule has 3 heterocycles. The van der Waals surface area contributed by atoms with E-state index in [1.54, 1.807) is 23.0 Å². The van der Waals surface area contributed by atoms with E-state index in [9.17, 15) is 4.79 Å². The molecule has 1 unspecified atom stereocenters. The Bertz CT molecular complexity index is 1560. The van der Waals surface area contributed by atoms with E-state index in [2.05, 4.69) is 67.1 Å². The molecule has 10 heteroatoms. The maximum Gasteiger partial charge on any atom is 0.221 e. The Hall–Kier alpha value is -3.92. The van der Waals surface area contributed by atoms with Crippen molar-refractivity contribution in [1.82, 2.24) is 29.2 Å². The molecule has 0 bridgehead atoms. The van der Waals surface area contributed by atoms with Gasteiger partial charge in [0.25, 0.3) is 0 Å². The SMILES string of the molecule is C/N=c1\[nH]c2cc(NCCN(C)C)ccc2n1CC(CCCOc1c(-c2cc(C=O)cc(C)n2)cnn1C)C1CC1. The molecule has 4 aromatic rings. The van der Waals surface area contributed by atoms with Gasteiger partial charge in [0.05, 0.1) is 35.1 Å². The largest absolute Gasteiger partial charge is 0.477 e. The number of carbonyl (C=O) groups excluding carboxylic acids is 1. The van der Waals surface area contributed by atoms with Crippen LogP contribution in [-0.2, 0) is 13.6 Å². The second kappa shape index (κ2) is 12.7. The van der Waals surface area contributed by atoms with E-state index in [0.29, 0.717) is 29.7 Å². The minimum atomic E-state index is 0.556. The number of benzene rings is 1. The second-order valence-corrected chi connectivity index (χ2v) is 11.4. The zero-order valence-electron chi connectivity index (χ0n) is 24.9. The smallest absolute Gasteiger partial charge is 0.221 e. The summed E-state index contributed by atoms with van der Waals surface area (Å²) in [7, 11) is 7.89. The van der Waals surface area contributed by atoms with Crippen LogP contribution in [0.15, 0.2) is 41.5 Å². The molecule has 1 atom stereocenters. The van der Waals surface area contributed by atoms with E-state index in [-0.39, 0.29) is 0 Å². The highest BCUT2D eigenvalue weighted by Crippen LogP contribution is 2.40. The number of nitrogens with zero attached hydrogens (tertiary/aromatic N) is 6. The molecule has 10 nitrogen and oxygen atoms in total. The van der Waals surface area contributed by atoms with Gasteiger partial charge in [0.2, 0.25) is 11.5 Å². The molecule has 41 heavy (non-hydrogen) atoms. The number of anilines is 1. The summed E-state index contributed by atoms with van der Waals surface area (Å²) in [6.45, 7) is 5.29. The topological polar surface area (TPSA) is 105 Å². The van der Waals surface area contributed by atoms with Crippen molar-refractivity contribution in [2.24, 2.45) is 23.9 Å². The van der Waals surface area contributed by atoms with Gasteiger partial charge >= 0.3 is 0 Å². The van der Waals surface area contributed by atoms with Crippen LogP contribution in [0.4, 0.5) is 5.69 Å². The zero-order chi connectivity index (χ0) is 28.9. The number of H-pyrrole nitrogens is 1. The molecule has 0 amide bonds. The number of fused-ring (bicyclic) bond motifs is 1. The normalized spacial score (nSPS) is 14.6. The van der Waals surface area contributed by atoms with Gasteiger partial charge in [-0.15, -0.1) is 0 Å². The van der Waals surface area contributed by atoms with E-state index >= 15 is 0 Å². The number of aryl methyl sites for hydroxylation is 2. The maximum atomic E-state index is 11.4. The molecular formula is C31H42N8O2. The first-order valence-electron chi connectivity index (χ1n) is 14.5. The fraction of sp³-hybridized carbons (Fsp3) is 0.484. The second-order valence-electron chi connectivity index (χ2n) is 11.4. The van der Waals surface area contributed by atoms with Crippen molar-refractivity contribution in [3.05, 3.63) is 53.4 Å². The Balaban J connectivity index is 1.24. The first kappa shape index (κ1) is 28.6. The van der Waals surface area contributed by atoms with Crippen molar-refractivity contribution in [3.8, 4) is 17.1 Å². The molecule has 2 N–H and O–H groups in total. The van der Waals surface area contributed by atoms with Crippen LogP contribution in [-0.4, -0.2) is 76.3 Å². The third-order valence-electron chi connectivity index (χ3n) is 7.83. The van der Waals surface area contributed by atoms with E-state index < -0.39 is 0 Å². The van der Waals surface area contributed by atoms with Crippen molar-refractivity contribution in [2.45, 2.75) is 39.2 Å². The van der Waals surface area contributed by atoms with Crippen molar-refractivity contribution in [2.75, 3.05) is 46.2 Å². The Morgan fingerprint density at radius 2 is 2.10 bits per heavy atom. The summed E-state index contributed by atoms with van der Waals surface area (Å²) in [6, 6.07) is 10.1. The number of nitrogens with one attached hydrogen (secondary N) is 2. The van der Waals surface area contributed by atoms with E-state index in [4.69, 9.17) is 4.74 Å². The number of rotatable bonds is 14. The molecule has 0 saturated heterocycles. The maximum absolute atomic E-state index is 11.4. The summed E-state index contributed by atoms with van der Waals surface area (Å²) in [6.07, 6.45) is 7.19. The van der Waals surface area contributed by atoms with Gasteiger partial charge < -0.3 is 24.5 Å². The quantitative estimate of drug-likeness (QED) is 0.177. The van der Waals surface area contributed by atoms with Gasteiger partial charge in [-0.1, -0.05) is 0 Å². The number of hydrogen-bond donors (Lipinski definition) is 2. The first-order valence-corrected chi connectivity index (χ1v) is 14.5. The van der Waals surface area contributed by atoms with E-state index in [1.165, 1.54) is 18.4 Å². The van der Waals surface area contributed by atoms with E-state index in [0.717, 1.165) is 72.8 Å². The van der Waals surface area contributed by atoms with E-state index in [1.807, 2.05) is 21.0 Å². The molecule has 1 fully saturated rings. The molecule has 1 aliphatic carbocycles. The summed E-state index contributed by atoms with van der Waals surface area (Å²) in [5, 5.41) is 7.91. The molecule has 218 valence electrons. The lowest BCUT2D eigenvalue weighted by atomic mass is 9.97. The third-order valence-corrected chi connectivity index (χ3v) is 7.83. The first-order chi connectivity index (χ1) is 19.9. The molecular weight excluding hydrogens is 516 g/mol. The molecule has 3 aromatic heterocycles. The Labute approximate surface area is 241 Å². The number of imidazole rings is 1. The standard InChI is InChI=1S/C31H42N8O2/c1-21-15-22(20-40)16-27(35-21)26-18-34-38(5)30(26)41-14-6-7-24(23-8-9-23)19-39-29-11-10-25(33-12-13-37(3)4)17-28(29)36-31(39)32-2/h10-11,15-18,20,23-24,33H,6-9,12-14,19H2,1-5H3,(H,32,36). The van der Waals surface area contributed by atoms with Crippen LogP contribution < -0.4 is 15.7 Å². The Morgan fingerprint density at radius 1 is 1.27 bits per heavy atom. The van der Waals surface area contributed by atoms with Gasteiger partial charge in [-0.2, -0.15) is 5.10 Å². The predicted octanol–water partition coefficient (Wildman–Crippen LogP) is 4.28. The number of hydrogen-bond acceptors (Lipinski definition) is 7. The number of likely N-dealkylation sites (N-methyl/N-ethyl adjacent to an activating group) is 1. The average Bonchev–Trinajstić information content (AvgIpc) is 3.65. The number of carbonyl (C=O) groups is 1. The third kappa shape index (κ3) is 6.87. The highest BCUT2D eigenvalue weighted by molar-refractivity contribution is 5.80. The number of aldehydes is 1. The van der Waals surface area contributed by atoms with Crippen molar-refractivity contribution in [1.29, 1.82) is 0 Å². The lowest BCUT2D eigenvalue weighted by Gasteiger charge is -2.18. The number of ether oxygens (including phenoxy) is 1. The summed E-state index contributed by atoms with van der Waals surface area (Å²) in [4.78, 5) is 26.3. The van der Waals surface area contributed by atoms with Crippen LogP contribution in [0.1, 0.15) is 41.7 Å². The van der Waals surface area contributed by atoms with Gasteiger partial charge in [0.1, 0.15) is 6.29 Å². The lowest BCUT2D eigenvalue weighted by molar-refractivity contribution is 0.112. The lowest BCUT2D eigenvalue weighted by Crippen LogP contribution is -2.24. The van der Waals surface area contributed by atoms with Crippen LogP contribution in [0.2, 0.25) is 0 Å². The predicted molar refractivity (Wildman–Crippen MR) is 162 cm³/mol. The Kier molecular flexibility index (Phi) is 8.87. The summed E-state index contributed by atoms with van der Waals surface area (Å²) in [5.74, 6) is 1.98. The minimum Gasteiger partial charge on any atom is -0.477 e. The summed E-state index contributed by atoms with van der Waals surface area (Å²) < 4.78 is 10.3. The van der Waals surface area contributed by atoms with Crippen molar-refractivity contribution in [3.63, 3.8) is 0 Å². The zero-order valence-corrected chi connectivity index (χ0v) is 24.9. The summed E-state index contributed by atoms with van der Waals surface area (Å²) in [5.41, 5.74) is 7.20. The minimum absolute atomic E-state index is 0.556. The van der Waals surface area contributed by atoms with Gasteiger partial charge in [-0.3, -0.25) is 14.8 Å². The molecule has 5 rings (SSSR count). The van der Waals surface area contributed by atoms with Crippen LogP contribution in [0.25, 0.3) is 22.3 Å². The van der Waals surface area contributed by atoms with Crippen LogP contribution in [0, 0.1) is 18.8 Å². The molecule has 0 radical (unpaired) electrons. The van der Waals surface area contributed by atoms with Crippen molar-refractivity contribution < 1.29 is 9.53 Å². The molecule has 0 aliphatic heterocycles. The van der Waals surface area contributed by atoms with Crippen LogP contribution in [0.5, 0.6) is 5.88 Å². The van der Waals surface area contributed by atoms with Gasteiger partial charge in [-0.25, -0.2) is 4.68 Å². The van der Waals surface area contributed by atoms with Crippen molar-refractivity contribution >= 4 is 23.0 Å². The molecule has 1 aromatic carbocycles. The number of pyridine rings is 1. The van der Waals surface area contributed by atoms with Gasteiger partial charge in [0.15, 0.2) is 0 Å². The van der Waals surface area contributed by atoms with Crippen LogP contribution in [0.3, 0.4) is 0 Å². The van der Waals surface area contributed by atoms with Gasteiger partial charge in [0, 0.05) is 50.7 Å². The Morgan fingerprint density at radius 3 is 2.83 bits per heavy atom. The number of aromatic amines is 1. The average molecular weight is 559 g/mol. The summed E-state index contributed by atoms with van der Waals surface area (Å²) >= 11 is 0. The highest BCUT2D eigenvalue weighted by Gasteiger charge is 2.31. The van der Waals surface area contributed by atoms with Gasteiger partial charge in [-0.05, 0) is 88.9 Å². The fourth-order valence-corrected chi connectivity index (χ4v) is 5.54. The molecule has 0 spiro atoms. The highest BCUT2D eigenvalue weighted by atomic mass is 16.5. The monoisotopic (exact) mass is 558 g/mol.